The summed E-state index contributed by atoms with van der Waals surface area (Å²) in [6.07, 6.45) is 0. The molecule has 0 fully saturated rings. The summed E-state index contributed by atoms with van der Waals surface area (Å²) in [6, 6.07) is 8.60. The van der Waals surface area contributed by atoms with E-state index in [0.29, 0.717) is 6.04 Å². The van der Waals surface area contributed by atoms with Gasteiger partial charge in [0.15, 0.2) is 0 Å². The molecule has 0 bridgehead atoms. The minimum Gasteiger partial charge on any atom is -0.398 e. The van der Waals surface area contributed by atoms with Gasteiger partial charge in [0.2, 0.25) is 0 Å². The molecule has 0 spiro atoms. The summed E-state index contributed by atoms with van der Waals surface area (Å²) in [5, 5.41) is 3.40. The zero-order valence-electron chi connectivity index (χ0n) is 10.5. The fourth-order valence-corrected chi connectivity index (χ4v) is 1.59. The third-order valence-corrected chi connectivity index (χ3v) is 2.54. The van der Waals surface area contributed by atoms with Gasteiger partial charge in [-0.3, -0.25) is 0 Å². The minimum absolute atomic E-state index is 0.551. The average Bonchev–Trinajstić information content (AvgIpc) is 2.21. The number of hydrogen-bond donors (Lipinski definition) is 2. The van der Waals surface area contributed by atoms with Crippen molar-refractivity contribution < 1.29 is 0 Å². The standard InChI is InChI=1S/C13H23N3/c1-11(2)15-8-9-16(3)10-12-6-4-5-7-13(12)14/h4-7,11,15H,8-10,14H2,1-3H3. The number of nitrogens with one attached hydrogen (secondary N) is 1. The fourth-order valence-electron chi connectivity index (χ4n) is 1.59. The molecule has 0 atom stereocenters. The highest BCUT2D eigenvalue weighted by Crippen LogP contribution is 2.11. The van der Waals surface area contributed by atoms with E-state index in [1.54, 1.807) is 0 Å². The van der Waals surface area contributed by atoms with Crippen LogP contribution in [0.3, 0.4) is 0 Å². The van der Waals surface area contributed by atoms with E-state index < -0.39 is 0 Å². The second-order valence-electron chi connectivity index (χ2n) is 4.55. The van der Waals surface area contributed by atoms with Crippen LogP contribution >= 0.6 is 0 Å². The number of nitrogens with two attached hydrogens (primary N) is 1. The third kappa shape index (κ3) is 4.64. The van der Waals surface area contributed by atoms with Gasteiger partial charge in [-0.2, -0.15) is 0 Å². The Morgan fingerprint density at radius 1 is 1.31 bits per heavy atom. The largest absolute Gasteiger partial charge is 0.398 e. The first-order chi connectivity index (χ1) is 7.59. The summed E-state index contributed by atoms with van der Waals surface area (Å²) in [4.78, 5) is 2.28. The van der Waals surface area contributed by atoms with E-state index >= 15 is 0 Å². The Labute approximate surface area is 98.6 Å². The minimum atomic E-state index is 0.551. The molecule has 0 unspecified atom stereocenters. The lowest BCUT2D eigenvalue weighted by molar-refractivity contribution is 0.320. The number of nitrogens with zero attached hydrogens (tertiary/aromatic N) is 1. The highest BCUT2D eigenvalue weighted by Gasteiger charge is 2.03. The van der Waals surface area contributed by atoms with Gasteiger partial charge in [0.05, 0.1) is 0 Å². The highest BCUT2D eigenvalue weighted by atomic mass is 15.1. The van der Waals surface area contributed by atoms with Crippen molar-refractivity contribution >= 4 is 5.69 Å². The Kier molecular flexibility index (Phi) is 5.29. The van der Waals surface area contributed by atoms with Gasteiger partial charge in [-0.15, -0.1) is 0 Å². The molecule has 0 heterocycles. The maximum absolute atomic E-state index is 5.90. The van der Waals surface area contributed by atoms with Crippen LogP contribution in [0.2, 0.25) is 0 Å². The second-order valence-corrected chi connectivity index (χ2v) is 4.55. The molecule has 16 heavy (non-hydrogen) atoms. The van der Waals surface area contributed by atoms with E-state index in [4.69, 9.17) is 5.73 Å². The number of likely N-dealkylation sites (N-methyl/N-ethyl adjacent to an activating group) is 1. The number of benzene rings is 1. The quantitative estimate of drug-likeness (QED) is 0.718. The highest BCUT2D eigenvalue weighted by molar-refractivity contribution is 5.46. The van der Waals surface area contributed by atoms with Crippen molar-refractivity contribution in [1.29, 1.82) is 0 Å². The molecule has 0 radical (unpaired) electrons. The van der Waals surface area contributed by atoms with E-state index in [9.17, 15) is 0 Å². The molecule has 90 valence electrons. The molecule has 0 saturated heterocycles. The van der Waals surface area contributed by atoms with Crippen LogP contribution in [0.15, 0.2) is 24.3 Å². The Morgan fingerprint density at radius 2 is 2.00 bits per heavy atom. The molecule has 0 aliphatic rings. The van der Waals surface area contributed by atoms with Crippen molar-refractivity contribution in [3.05, 3.63) is 29.8 Å². The van der Waals surface area contributed by atoms with Gasteiger partial charge in [0.1, 0.15) is 0 Å². The van der Waals surface area contributed by atoms with Crippen molar-refractivity contribution in [2.45, 2.75) is 26.4 Å². The van der Waals surface area contributed by atoms with Crippen molar-refractivity contribution in [3.8, 4) is 0 Å². The summed E-state index contributed by atoms with van der Waals surface area (Å²) in [5.41, 5.74) is 7.99. The average molecular weight is 221 g/mol. The maximum atomic E-state index is 5.90. The van der Waals surface area contributed by atoms with Gasteiger partial charge in [0.25, 0.3) is 0 Å². The van der Waals surface area contributed by atoms with Crippen molar-refractivity contribution in [1.82, 2.24) is 10.2 Å². The fraction of sp³-hybridized carbons (Fsp3) is 0.538. The van der Waals surface area contributed by atoms with E-state index in [2.05, 4.69) is 37.2 Å². The van der Waals surface area contributed by atoms with E-state index in [-0.39, 0.29) is 0 Å². The van der Waals surface area contributed by atoms with Crippen LogP contribution in [0.1, 0.15) is 19.4 Å². The van der Waals surface area contributed by atoms with Gasteiger partial charge < -0.3 is 16.0 Å². The van der Waals surface area contributed by atoms with E-state index in [0.717, 1.165) is 25.3 Å². The Hall–Kier alpha value is -1.06. The first kappa shape index (κ1) is 13.0. The first-order valence-electron chi connectivity index (χ1n) is 5.85. The predicted octanol–water partition coefficient (Wildman–Crippen LogP) is 1.70. The Balaban J connectivity index is 2.34. The van der Waals surface area contributed by atoms with Gasteiger partial charge in [-0.1, -0.05) is 32.0 Å². The molecule has 0 aliphatic heterocycles. The number of hydrogen-bond acceptors (Lipinski definition) is 3. The number of para-hydroxylation sites is 1. The molecule has 3 N–H and O–H groups in total. The Morgan fingerprint density at radius 3 is 2.62 bits per heavy atom. The number of rotatable bonds is 6. The van der Waals surface area contributed by atoms with Crippen LogP contribution < -0.4 is 11.1 Å². The smallest absolute Gasteiger partial charge is 0.0359 e. The molecule has 0 saturated carbocycles. The van der Waals surface area contributed by atoms with E-state index in [1.807, 2.05) is 18.2 Å². The van der Waals surface area contributed by atoms with Crippen LogP contribution in [-0.2, 0) is 6.54 Å². The summed E-state index contributed by atoms with van der Waals surface area (Å²) < 4.78 is 0. The molecule has 3 nitrogen and oxygen atoms in total. The summed E-state index contributed by atoms with van der Waals surface area (Å²) >= 11 is 0. The van der Waals surface area contributed by atoms with Crippen LogP contribution in [0.5, 0.6) is 0 Å². The predicted molar refractivity (Wildman–Crippen MR) is 70.3 cm³/mol. The SMILES string of the molecule is CC(C)NCCN(C)Cc1ccccc1N. The molecule has 0 aliphatic carbocycles. The molecular formula is C13H23N3. The van der Waals surface area contributed by atoms with Crippen LogP contribution in [0.25, 0.3) is 0 Å². The lowest BCUT2D eigenvalue weighted by Crippen LogP contribution is -2.32. The lowest BCUT2D eigenvalue weighted by atomic mass is 10.2. The molecule has 0 amide bonds. The zero-order chi connectivity index (χ0) is 12.0. The normalized spacial score (nSPS) is 11.3. The monoisotopic (exact) mass is 221 g/mol. The van der Waals surface area contributed by atoms with Crippen LogP contribution in [-0.4, -0.2) is 31.1 Å². The van der Waals surface area contributed by atoms with Crippen molar-refractivity contribution in [2.75, 3.05) is 25.9 Å². The summed E-state index contributed by atoms with van der Waals surface area (Å²) in [7, 11) is 2.12. The summed E-state index contributed by atoms with van der Waals surface area (Å²) in [6.45, 7) is 7.28. The number of nitrogen functional groups attached to an aromatic ring is 1. The number of anilines is 1. The maximum Gasteiger partial charge on any atom is 0.0359 e. The molecule has 1 rings (SSSR count). The van der Waals surface area contributed by atoms with Crippen LogP contribution in [0, 0.1) is 0 Å². The van der Waals surface area contributed by atoms with Gasteiger partial charge in [-0.05, 0) is 18.7 Å². The van der Waals surface area contributed by atoms with Gasteiger partial charge in [0, 0.05) is 31.4 Å². The topological polar surface area (TPSA) is 41.3 Å². The van der Waals surface area contributed by atoms with E-state index in [1.165, 1.54) is 5.56 Å². The Bertz CT molecular complexity index is 310. The molecular weight excluding hydrogens is 198 g/mol. The molecule has 1 aromatic rings. The van der Waals surface area contributed by atoms with Gasteiger partial charge >= 0.3 is 0 Å². The van der Waals surface area contributed by atoms with Crippen molar-refractivity contribution in [3.63, 3.8) is 0 Å². The molecule has 0 aromatic heterocycles. The lowest BCUT2D eigenvalue weighted by Gasteiger charge is -2.18. The molecule has 3 heteroatoms. The second kappa shape index (κ2) is 6.51. The third-order valence-electron chi connectivity index (χ3n) is 2.54. The first-order valence-corrected chi connectivity index (χ1v) is 5.85. The van der Waals surface area contributed by atoms with Crippen LogP contribution in [0.4, 0.5) is 5.69 Å². The van der Waals surface area contributed by atoms with Gasteiger partial charge in [-0.25, -0.2) is 0 Å². The molecule has 1 aromatic carbocycles. The van der Waals surface area contributed by atoms with Crippen molar-refractivity contribution in [2.24, 2.45) is 0 Å². The zero-order valence-corrected chi connectivity index (χ0v) is 10.5. The summed E-state index contributed by atoms with van der Waals surface area (Å²) in [5.74, 6) is 0.